The van der Waals surface area contributed by atoms with E-state index < -0.39 is 5.66 Å². The summed E-state index contributed by atoms with van der Waals surface area (Å²) >= 11 is 0. The molecule has 0 unspecified atom stereocenters. The lowest BCUT2D eigenvalue weighted by Crippen LogP contribution is -2.48. The zero-order valence-electron chi connectivity index (χ0n) is 20.0. The van der Waals surface area contributed by atoms with Gasteiger partial charge in [-0.1, -0.05) is 6.42 Å². The molecule has 0 aromatic carbocycles. The van der Waals surface area contributed by atoms with E-state index in [9.17, 15) is 14.4 Å². The second-order valence-corrected chi connectivity index (χ2v) is 9.58. The average molecular weight is 481 g/mol. The second kappa shape index (κ2) is 9.74. The van der Waals surface area contributed by atoms with Gasteiger partial charge in [0.2, 0.25) is 5.91 Å². The van der Waals surface area contributed by atoms with Crippen LogP contribution in [0.3, 0.4) is 0 Å². The van der Waals surface area contributed by atoms with Crippen molar-refractivity contribution >= 4 is 29.1 Å². The van der Waals surface area contributed by atoms with Crippen molar-refractivity contribution in [2.75, 3.05) is 43.4 Å². The Morgan fingerprint density at radius 2 is 1.83 bits per heavy atom. The van der Waals surface area contributed by atoms with Crippen LogP contribution in [0.1, 0.15) is 54.6 Å². The molecular weight excluding hydrogens is 448 g/mol. The number of nitrogens with one attached hydrogen (secondary N) is 4. The molecule has 11 heteroatoms. The molecule has 1 saturated carbocycles. The summed E-state index contributed by atoms with van der Waals surface area (Å²) in [4.78, 5) is 49.3. The molecule has 2 aliphatic heterocycles. The molecule has 2 amide bonds. The first-order valence-corrected chi connectivity index (χ1v) is 12.4. The van der Waals surface area contributed by atoms with E-state index in [1.54, 1.807) is 16.7 Å². The van der Waals surface area contributed by atoms with E-state index in [1.807, 2.05) is 6.92 Å². The van der Waals surface area contributed by atoms with Crippen molar-refractivity contribution in [3.8, 4) is 0 Å². The summed E-state index contributed by atoms with van der Waals surface area (Å²) in [5.41, 5.74) is 0.581. The van der Waals surface area contributed by atoms with E-state index in [-0.39, 0.29) is 17.4 Å². The van der Waals surface area contributed by atoms with Crippen LogP contribution in [-0.2, 0) is 10.5 Å². The number of rotatable bonds is 6. The van der Waals surface area contributed by atoms with Crippen LogP contribution in [0.2, 0.25) is 0 Å². The van der Waals surface area contributed by atoms with Gasteiger partial charge in [-0.3, -0.25) is 19.0 Å². The highest BCUT2D eigenvalue weighted by Crippen LogP contribution is 2.37. The molecule has 0 atom stereocenters. The molecule has 0 radical (unpaired) electrons. The maximum atomic E-state index is 13.5. The SMILES string of the molecule is Cc1cc(Nc2cc(NC(=O)CCN3CCNCC3)ncn2)c(=O)n2c1C(=O)NC21CCCCC1. The Kier molecular flexibility index (Phi) is 6.52. The van der Waals surface area contributed by atoms with Gasteiger partial charge in [-0.2, -0.15) is 0 Å². The average Bonchev–Trinajstić information content (AvgIpc) is 3.14. The number of carbonyl (C=O) groups is 2. The summed E-state index contributed by atoms with van der Waals surface area (Å²) in [6.45, 7) is 6.29. The fraction of sp³-hybridized carbons (Fsp3) is 0.542. The predicted molar refractivity (Wildman–Crippen MR) is 132 cm³/mol. The van der Waals surface area contributed by atoms with Gasteiger partial charge in [-0.05, 0) is 44.2 Å². The van der Waals surface area contributed by atoms with Crippen LogP contribution >= 0.6 is 0 Å². The van der Waals surface area contributed by atoms with E-state index in [2.05, 4.69) is 36.1 Å². The van der Waals surface area contributed by atoms with E-state index in [0.717, 1.165) is 63.8 Å². The van der Waals surface area contributed by atoms with Crippen LogP contribution in [0, 0.1) is 6.92 Å². The molecule has 1 spiro atoms. The van der Waals surface area contributed by atoms with Crippen molar-refractivity contribution in [1.82, 2.24) is 30.1 Å². The van der Waals surface area contributed by atoms with Crippen LogP contribution in [0.15, 0.2) is 23.3 Å². The van der Waals surface area contributed by atoms with Crippen LogP contribution in [0.25, 0.3) is 0 Å². The first kappa shape index (κ1) is 23.4. The number of anilines is 3. The number of aromatic nitrogens is 3. The minimum atomic E-state index is -0.653. The first-order chi connectivity index (χ1) is 16.9. The summed E-state index contributed by atoms with van der Waals surface area (Å²) in [6, 6.07) is 3.29. The number of fused-ring (bicyclic) bond motifs is 2. The molecule has 1 aliphatic carbocycles. The predicted octanol–water partition coefficient (Wildman–Crippen LogP) is 1.28. The van der Waals surface area contributed by atoms with Gasteiger partial charge in [0.05, 0.1) is 0 Å². The lowest BCUT2D eigenvalue weighted by Gasteiger charge is -2.35. The van der Waals surface area contributed by atoms with Gasteiger partial charge in [0.25, 0.3) is 11.5 Å². The minimum absolute atomic E-state index is 0.120. The van der Waals surface area contributed by atoms with Crippen molar-refractivity contribution in [3.63, 3.8) is 0 Å². The fourth-order valence-corrected chi connectivity index (χ4v) is 5.37. The van der Waals surface area contributed by atoms with Crippen LogP contribution in [-0.4, -0.2) is 64.0 Å². The first-order valence-electron chi connectivity index (χ1n) is 12.4. The summed E-state index contributed by atoms with van der Waals surface area (Å²) in [6.07, 6.45) is 6.24. The molecular formula is C24H32N8O3. The third-order valence-corrected chi connectivity index (χ3v) is 7.12. The quantitative estimate of drug-likeness (QED) is 0.486. The number of hydrogen-bond acceptors (Lipinski definition) is 8. The van der Waals surface area contributed by atoms with E-state index in [1.165, 1.54) is 6.33 Å². The van der Waals surface area contributed by atoms with Gasteiger partial charge < -0.3 is 26.2 Å². The maximum Gasteiger partial charge on any atom is 0.276 e. The Hall–Kier alpha value is -3.31. The molecule has 1 saturated heterocycles. The summed E-state index contributed by atoms with van der Waals surface area (Å²) in [5, 5.41) is 12.3. The number of pyridine rings is 1. The third-order valence-electron chi connectivity index (χ3n) is 7.12. The van der Waals surface area contributed by atoms with Gasteiger partial charge in [-0.15, -0.1) is 0 Å². The number of piperazine rings is 1. The van der Waals surface area contributed by atoms with Crippen LogP contribution in [0.4, 0.5) is 17.3 Å². The Labute approximate surface area is 203 Å². The number of hydrogen-bond donors (Lipinski definition) is 4. The van der Waals surface area contributed by atoms with E-state index in [4.69, 9.17) is 0 Å². The molecule has 4 heterocycles. The highest BCUT2D eigenvalue weighted by molar-refractivity contribution is 5.97. The number of carbonyl (C=O) groups excluding carboxylic acids is 2. The summed E-state index contributed by atoms with van der Waals surface area (Å²) in [5.74, 6) is 0.446. The van der Waals surface area contributed by atoms with Crippen LogP contribution < -0.4 is 26.8 Å². The molecule has 11 nitrogen and oxygen atoms in total. The monoisotopic (exact) mass is 480 g/mol. The maximum absolute atomic E-state index is 13.5. The number of aryl methyl sites for hydroxylation is 1. The third kappa shape index (κ3) is 4.78. The fourth-order valence-electron chi connectivity index (χ4n) is 5.37. The number of nitrogens with zero attached hydrogens (tertiary/aromatic N) is 4. The van der Waals surface area contributed by atoms with Gasteiger partial charge in [-0.25, -0.2) is 9.97 Å². The van der Waals surface area contributed by atoms with Gasteiger partial charge in [0, 0.05) is 45.2 Å². The smallest absolute Gasteiger partial charge is 0.276 e. The van der Waals surface area contributed by atoms with Crippen molar-refractivity contribution in [3.05, 3.63) is 40.1 Å². The summed E-state index contributed by atoms with van der Waals surface area (Å²) < 4.78 is 1.64. The van der Waals surface area contributed by atoms with Crippen LogP contribution in [0.5, 0.6) is 0 Å². The Morgan fingerprint density at radius 1 is 1.09 bits per heavy atom. The highest BCUT2D eigenvalue weighted by Gasteiger charge is 2.45. The Bertz CT molecular complexity index is 1180. The molecule has 0 bridgehead atoms. The Balaban J connectivity index is 1.32. The topological polar surface area (TPSA) is 133 Å². The lowest BCUT2D eigenvalue weighted by atomic mass is 9.89. The summed E-state index contributed by atoms with van der Waals surface area (Å²) in [7, 11) is 0. The van der Waals surface area contributed by atoms with Crippen molar-refractivity contribution in [2.45, 2.75) is 51.1 Å². The zero-order valence-corrected chi connectivity index (χ0v) is 20.0. The van der Waals surface area contributed by atoms with Gasteiger partial charge in [0.1, 0.15) is 35.0 Å². The molecule has 4 N–H and O–H groups in total. The second-order valence-electron chi connectivity index (χ2n) is 9.58. The van der Waals surface area contributed by atoms with Gasteiger partial charge >= 0.3 is 0 Å². The van der Waals surface area contributed by atoms with E-state index >= 15 is 0 Å². The van der Waals surface area contributed by atoms with Crippen molar-refractivity contribution in [1.29, 1.82) is 0 Å². The van der Waals surface area contributed by atoms with Crippen molar-refractivity contribution in [2.24, 2.45) is 0 Å². The molecule has 186 valence electrons. The molecule has 2 aromatic heterocycles. The zero-order chi connectivity index (χ0) is 24.4. The van der Waals surface area contributed by atoms with Crippen molar-refractivity contribution < 1.29 is 9.59 Å². The Morgan fingerprint density at radius 3 is 2.60 bits per heavy atom. The molecule has 2 aromatic rings. The largest absolute Gasteiger partial charge is 0.336 e. The van der Waals surface area contributed by atoms with Gasteiger partial charge in [0.15, 0.2) is 0 Å². The molecule has 5 rings (SSSR count). The molecule has 35 heavy (non-hydrogen) atoms. The van der Waals surface area contributed by atoms with E-state index in [0.29, 0.717) is 36.0 Å². The standard InChI is InChI=1S/C24H32N8O3/c1-16-13-17(23(35)32-21(16)22(34)30-24(32)6-3-2-4-7-24)28-18-14-19(27-15-26-18)29-20(33)5-10-31-11-8-25-9-12-31/h13-15,25H,2-12H2,1H3,(H,30,34)(H2,26,27,28,29,33). The highest BCUT2D eigenvalue weighted by atomic mass is 16.2. The minimum Gasteiger partial charge on any atom is -0.336 e. The number of amides is 2. The normalized spacial score (nSPS) is 19.3. The molecule has 3 aliphatic rings. The molecule has 2 fully saturated rings. The lowest BCUT2D eigenvalue weighted by molar-refractivity contribution is -0.116.